The van der Waals surface area contributed by atoms with E-state index in [9.17, 15) is 4.39 Å². The molecule has 0 spiro atoms. The highest BCUT2D eigenvalue weighted by Gasteiger charge is 2.07. The maximum absolute atomic E-state index is 13.6. The monoisotopic (exact) mass is 325 g/mol. The summed E-state index contributed by atoms with van der Waals surface area (Å²) in [5.74, 6) is 0.638. The molecule has 4 nitrogen and oxygen atoms in total. The molecule has 0 atom stereocenters. The third kappa shape index (κ3) is 3.89. The van der Waals surface area contributed by atoms with Gasteiger partial charge in [0.1, 0.15) is 12.1 Å². The van der Waals surface area contributed by atoms with E-state index in [4.69, 9.17) is 4.74 Å². The first kappa shape index (κ1) is 13.7. The van der Waals surface area contributed by atoms with Crippen molar-refractivity contribution in [2.45, 2.75) is 13.3 Å². The van der Waals surface area contributed by atoms with E-state index < -0.39 is 5.82 Å². The Morgan fingerprint density at radius 2 is 2.16 bits per heavy atom. The number of aromatic nitrogens is 2. The molecule has 1 aromatic heterocycles. The fourth-order valence-corrected chi connectivity index (χ4v) is 1.75. The summed E-state index contributed by atoms with van der Waals surface area (Å²) in [5, 5.41) is 3.11. The first-order chi connectivity index (χ1) is 9.19. The van der Waals surface area contributed by atoms with Gasteiger partial charge in [-0.15, -0.1) is 0 Å². The Balaban J connectivity index is 2.14. The van der Waals surface area contributed by atoms with Crippen LogP contribution in [0.1, 0.15) is 13.3 Å². The van der Waals surface area contributed by atoms with Crippen molar-refractivity contribution >= 4 is 21.7 Å². The van der Waals surface area contributed by atoms with Crippen molar-refractivity contribution in [3.63, 3.8) is 0 Å². The maximum Gasteiger partial charge on any atom is 0.224 e. The van der Waals surface area contributed by atoms with Gasteiger partial charge in [0.15, 0.2) is 11.6 Å². The number of rotatable bonds is 5. The van der Waals surface area contributed by atoms with Gasteiger partial charge in [0.2, 0.25) is 5.88 Å². The number of benzene rings is 1. The Hall–Kier alpha value is -1.69. The number of halogens is 2. The highest BCUT2D eigenvalue weighted by Crippen LogP contribution is 2.26. The molecule has 0 fully saturated rings. The van der Waals surface area contributed by atoms with Crippen LogP contribution in [0, 0.1) is 5.82 Å². The molecule has 0 bridgehead atoms. The van der Waals surface area contributed by atoms with Crippen molar-refractivity contribution in [2.24, 2.45) is 0 Å². The molecule has 100 valence electrons. The molecule has 0 radical (unpaired) electrons. The molecule has 1 aromatic carbocycles. The van der Waals surface area contributed by atoms with Crippen LogP contribution in [-0.4, -0.2) is 16.5 Å². The third-order valence-electron chi connectivity index (χ3n) is 2.31. The van der Waals surface area contributed by atoms with Crippen LogP contribution in [0.25, 0.3) is 0 Å². The Morgan fingerprint density at radius 3 is 2.89 bits per heavy atom. The zero-order valence-corrected chi connectivity index (χ0v) is 11.9. The minimum atomic E-state index is -0.448. The quantitative estimate of drug-likeness (QED) is 0.902. The molecule has 1 N–H and O–H groups in total. The number of nitrogens with zero attached hydrogens (tertiary/aromatic N) is 2. The Bertz CT molecular complexity index is 565. The lowest BCUT2D eigenvalue weighted by atomic mass is 10.3. The lowest BCUT2D eigenvalue weighted by Gasteiger charge is -2.08. The van der Waals surface area contributed by atoms with Gasteiger partial charge < -0.3 is 10.1 Å². The smallest absolute Gasteiger partial charge is 0.224 e. The normalized spacial score (nSPS) is 10.3. The van der Waals surface area contributed by atoms with E-state index in [1.54, 1.807) is 18.2 Å². The van der Waals surface area contributed by atoms with Gasteiger partial charge in [0, 0.05) is 17.1 Å². The molecule has 0 amide bonds. The van der Waals surface area contributed by atoms with Crippen molar-refractivity contribution in [2.75, 3.05) is 11.9 Å². The van der Waals surface area contributed by atoms with Gasteiger partial charge in [-0.3, -0.25) is 0 Å². The number of anilines is 1. The van der Waals surface area contributed by atoms with Gasteiger partial charge in [0.25, 0.3) is 0 Å². The summed E-state index contributed by atoms with van der Waals surface area (Å²) in [6.07, 6.45) is 2.37. The molecule has 0 aliphatic carbocycles. The molecule has 0 aliphatic heterocycles. The van der Waals surface area contributed by atoms with Crippen molar-refractivity contribution in [3.8, 4) is 11.6 Å². The van der Waals surface area contributed by atoms with E-state index in [1.165, 1.54) is 12.4 Å². The molecule has 2 rings (SSSR count). The van der Waals surface area contributed by atoms with Crippen LogP contribution >= 0.6 is 15.9 Å². The van der Waals surface area contributed by atoms with Crippen LogP contribution < -0.4 is 10.1 Å². The first-order valence-corrected chi connectivity index (χ1v) is 6.67. The predicted molar refractivity (Wildman–Crippen MR) is 75.0 cm³/mol. The van der Waals surface area contributed by atoms with E-state index in [0.29, 0.717) is 16.2 Å². The number of nitrogens with one attached hydrogen (secondary N) is 1. The molecular weight excluding hydrogens is 313 g/mol. The van der Waals surface area contributed by atoms with Crippen molar-refractivity contribution < 1.29 is 9.13 Å². The van der Waals surface area contributed by atoms with E-state index >= 15 is 0 Å². The first-order valence-electron chi connectivity index (χ1n) is 5.88. The topological polar surface area (TPSA) is 47.0 Å². The van der Waals surface area contributed by atoms with Gasteiger partial charge >= 0.3 is 0 Å². The molecule has 0 saturated heterocycles. The fourth-order valence-electron chi connectivity index (χ4n) is 1.42. The van der Waals surface area contributed by atoms with Crippen LogP contribution in [0.4, 0.5) is 10.2 Å². The highest BCUT2D eigenvalue weighted by atomic mass is 79.9. The molecular formula is C13H13BrFN3O. The molecule has 0 saturated carbocycles. The van der Waals surface area contributed by atoms with Crippen LogP contribution in [0.2, 0.25) is 0 Å². The van der Waals surface area contributed by atoms with Crippen molar-refractivity contribution in [1.82, 2.24) is 9.97 Å². The maximum atomic E-state index is 13.6. The van der Waals surface area contributed by atoms with Crippen LogP contribution in [0.15, 0.2) is 35.1 Å². The molecule has 1 heterocycles. The second-order valence-electron chi connectivity index (χ2n) is 3.85. The van der Waals surface area contributed by atoms with Gasteiger partial charge in [-0.2, -0.15) is 0 Å². The number of ether oxygens (including phenoxy) is 1. The summed E-state index contributed by atoms with van der Waals surface area (Å²) in [6, 6.07) is 6.22. The van der Waals surface area contributed by atoms with Gasteiger partial charge in [-0.25, -0.2) is 14.4 Å². The number of hydrogen-bond donors (Lipinski definition) is 1. The number of hydrogen-bond acceptors (Lipinski definition) is 4. The second-order valence-corrected chi connectivity index (χ2v) is 4.76. The van der Waals surface area contributed by atoms with E-state index in [-0.39, 0.29) is 5.75 Å². The highest BCUT2D eigenvalue weighted by molar-refractivity contribution is 9.10. The van der Waals surface area contributed by atoms with Crippen LogP contribution in [0.3, 0.4) is 0 Å². The predicted octanol–water partition coefficient (Wildman–Crippen LogP) is 3.99. The summed E-state index contributed by atoms with van der Waals surface area (Å²) in [4.78, 5) is 8.01. The second kappa shape index (κ2) is 6.47. The molecule has 0 unspecified atom stereocenters. The zero-order chi connectivity index (χ0) is 13.7. The fraction of sp³-hybridized carbons (Fsp3) is 0.231. The summed E-state index contributed by atoms with van der Waals surface area (Å²) >= 11 is 3.19. The van der Waals surface area contributed by atoms with E-state index in [1.807, 2.05) is 0 Å². The molecule has 2 aromatic rings. The lowest BCUT2D eigenvalue weighted by Crippen LogP contribution is -2.02. The molecule has 19 heavy (non-hydrogen) atoms. The van der Waals surface area contributed by atoms with Crippen molar-refractivity contribution in [3.05, 3.63) is 40.9 Å². The standard InChI is InChI=1S/C13H13BrFN3O/c1-2-5-16-12-7-13(18-8-17-12)19-11-4-3-9(14)6-10(11)15/h3-4,6-8H,2,5H2,1H3,(H,16,17,18). The zero-order valence-electron chi connectivity index (χ0n) is 10.4. The summed E-state index contributed by atoms with van der Waals surface area (Å²) in [5.41, 5.74) is 0. The van der Waals surface area contributed by atoms with Gasteiger partial charge in [0.05, 0.1) is 0 Å². The van der Waals surface area contributed by atoms with Gasteiger partial charge in [-0.1, -0.05) is 22.9 Å². The Kier molecular flexibility index (Phi) is 4.68. The van der Waals surface area contributed by atoms with E-state index in [0.717, 1.165) is 13.0 Å². The lowest BCUT2D eigenvalue weighted by molar-refractivity contribution is 0.426. The summed E-state index contributed by atoms with van der Waals surface area (Å²) in [7, 11) is 0. The molecule has 0 aliphatic rings. The Morgan fingerprint density at radius 1 is 1.32 bits per heavy atom. The average Bonchev–Trinajstić information content (AvgIpc) is 2.40. The SMILES string of the molecule is CCCNc1cc(Oc2ccc(Br)cc2F)ncn1. The van der Waals surface area contributed by atoms with E-state index in [2.05, 4.69) is 38.1 Å². The minimum Gasteiger partial charge on any atom is -0.436 e. The van der Waals surface area contributed by atoms with Gasteiger partial charge in [-0.05, 0) is 24.6 Å². The average molecular weight is 326 g/mol. The van der Waals surface area contributed by atoms with Crippen molar-refractivity contribution in [1.29, 1.82) is 0 Å². The molecule has 6 heteroatoms. The third-order valence-corrected chi connectivity index (χ3v) is 2.80. The summed E-state index contributed by atoms with van der Waals surface area (Å²) in [6.45, 7) is 2.87. The summed E-state index contributed by atoms with van der Waals surface area (Å²) < 4.78 is 19.7. The minimum absolute atomic E-state index is 0.128. The van der Waals surface area contributed by atoms with Crippen LogP contribution in [-0.2, 0) is 0 Å². The Labute approximate surface area is 119 Å². The van der Waals surface area contributed by atoms with Crippen LogP contribution in [0.5, 0.6) is 11.6 Å². The largest absolute Gasteiger partial charge is 0.436 e.